The molecule has 0 atom stereocenters. The van der Waals surface area contributed by atoms with Crippen LogP contribution in [0, 0.1) is 0 Å². The molecule has 0 unspecified atom stereocenters. The zero-order chi connectivity index (χ0) is 11.4. The number of hydrogen-bond acceptors (Lipinski definition) is 5. The van der Waals surface area contributed by atoms with E-state index >= 15 is 0 Å². The van der Waals surface area contributed by atoms with Crippen LogP contribution >= 0.6 is 0 Å². The Labute approximate surface area is 93.3 Å². The van der Waals surface area contributed by atoms with Crippen molar-refractivity contribution in [3.05, 3.63) is 24.8 Å². The molecule has 2 aromatic heterocycles. The van der Waals surface area contributed by atoms with Gasteiger partial charge in [0.05, 0.1) is 7.11 Å². The third-order valence-electron chi connectivity index (χ3n) is 2.05. The van der Waals surface area contributed by atoms with Crippen LogP contribution in [-0.2, 0) is 0 Å². The fraction of sp³-hybridized carbons (Fsp3) is 0.300. The molecule has 0 radical (unpaired) electrons. The smallest absolute Gasteiger partial charge is 0.206 e. The number of hydrogen-bond donors (Lipinski definition) is 1. The summed E-state index contributed by atoms with van der Waals surface area (Å²) in [6, 6.07) is 1.83. The maximum absolute atomic E-state index is 5.30. The number of nitrogens with zero attached hydrogens (tertiary/aromatic N) is 4. The molecule has 6 nitrogen and oxygen atoms in total. The molecule has 2 rings (SSSR count). The molecule has 0 spiro atoms. The van der Waals surface area contributed by atoms with Gasteiger partial charge in [0.2, 0.25) is 11.6 Å². The molecule has 0 bridgehead atoms. The second-order valence-electron chi connectivity index (χ2n) is 3.06. The summed E-state index contributed by atoms with van der Waals surface area (Å²) in [6.45, 7) is 2.76. The second-order valence-corrected chi connectivity index (χ2v) is 3.06. The van der Waals surface area contributed by atoms with Gasteiger partial charge in [-0.25, -0.2) is 14.6 Å². The SMILES string of the molecule is CCNc1ncnc(-n2cccn2)c1OC. The molecule has 0 fully saturated rings. The number of aromatic nitrogens is 4. The molecule has 0 aliphatic carbocycles. The van der Waals surface area contributed by atoms with Crippen molar-refractivity contribution in [2.24, 2.45) is 0 Å². The Morgan fingerprint density at radius 1 is 1.44 bits per heavy atom. The third-order valence-corrected chi connectivity index (χ3v) is 2.05. The van der Waals surface area contributed by atoms with Gasteiger partial charge in [-0.2, -0.15) is 5.10 Å². The fourth-order valence-corrected chi connectivity index (χ4v) is 1.40. The largest absolute Gasteiger partial charge is 0.490 e. The Balaban J connectivity index is 2.49. The lowest BCUT2D eigenvalue weighted by Gasteiger charge is -2.11. The van der Waals surface area contributed by atoms with E-state index in [0.717, 1.165) is 6.54 Å². The lowest BCUT2D eigenvalue weighted by Crippen LogP contribution is -2.07. The van der Waals surface area contributed by atoms with E-state index in [1.165, 1.54) is 6.33 Å². The molecular formula is C10H13N5O. The predicted molar refractivity (Wildman–Crippen MR) is 59.9 cm³/mol. The zero-order valence-electron chi connectivity index (χ0n) is 9.21. The first-order valence-corrected chi connectivity index (χ1v) is 4.99. The van der Waals surface area contributed by atoms with E-state index in [-0.39, 0.29) is 0 Å². The van der Waals surface area contributed by atoms with E-state index < -0.39 is 0 Å². The van der Waals surface area contributed by atoms with Crippen molar-refractivity contribution in [3.63, 3.8) is 0 Å². The van der Waals surface area contributed by atoms with Crippen LogP contribution in [0.25, 0.3) is 5.82 Å². The van der Waals surface area contributed by atoms with Crippen LogP contribution in [0.3, 0.4) is 0 Å². The van der Waals surface area contributed by atoms with Crippen LogP contribution in [-0.4, -0.2) is 33.4 Å². The highest BCUT2D eigenvalue weighted by atomic mass is 16.5. The van der Waals surface area contributed by atoms with Crippen molar-refractivity contribution in [2.75, 3.05) is 19.0 Å². The van der Waals surface area contributed by atoms with Gasteiger partial charge in [-0.1, -0.05) is 0 Å². The van der Waals surface area contributed by atoms with Gasteiger partial charge in [-0.05, 0) is 13.0 Å². The molecule has 0 aliphatic rings. The Kier molecular flexibility index (Phi) is 3.00. The van der Waals surface area contributed by atoms with Crippen molar-refractivity contribution < 1.29 is 4.74 Å². The van der Waals surface area contributed by atoms with Gasteiger partial charge in [0.25, 0.3) is 0 Å². The molecule has 84 valence electrons. The summed E-state index contributed by atoms with van der Waals surface area (Å²) in [5.41, 5.74) is 0. The van der Waals surface area contributed by atoms with E-state index in [0.29, 0.717) is 17.4 Å². The third kappa shape index (κ3) is 1.81. The summed E-state index contributed by atoms with van der Waals surface area (Å²) >= 11 is 0. The minimum absolute atomic E-state index is 0.591. The van der Waals surface area contributed by atoms with Crippen LogP contribution in [0.4, 0.5) is 5.82 Å². The standard InChI is InChI=1S/C10H13N5O/c1-3-11-9-8(16-2)10(13-7-12-9)15-6-4-5-14-15/h4-7H,3H2,1-2H3,(H,11,12,13). The molecule has 2 heterocycles. The van der Waals surface area contributed by atoms with Crippen molar-refractivity contribution in [1.82, 2.24) is 19.7 Å². The van der Waals surface area contributed by atoms with Gasteiger partial charge in [0.1, 0.15) is 6.33 Å². The highest BCUT2D eigenvalue weighted by Gasteiger charge is 2.12. The molecule has 2 aromatic rings. The van der Waals surface area contributed by atoms with Gasteiger partial charge in [0, 0.05) is 18.9 Å². The van der Waals surface area contributed by atoms with E-state index in [1.807, 2.05) is 13.0 Å². The Morgan fingerprint density at radius 2 is 2.31 bits per heavy atom. The molecule has 0 amide bonds. The molecule has 0 saturated heterocycles. The van der Waals surface area contributed by atoms with Gasteiger partial charge in [-0.3, -0.25) is 0 Å². The predicted octanol–water partition coefficient (Wildman–Crippen LogP) is 1.10. The number of anilines is 1. The molecule has 0 saturated carbocycles. The van der Waals surface area contributed by atoms with Gasteiger partial charge in [0.15, 0.2) is 5.82 Å². The van der Waals surface area contributed by atoms with E-state index in [9.17, 15) is 0 Å². The van der Waals surface area contributed by atoms with Crippen LogP contribution < -0.4 is 10.1 Å². The average molecular weight is 219 g/mol. The fourth-order valence-electron chi connectivity index (χ4n) is 1.40. The van der Waals surface area contributed by atoms with Crippen molar-refractivity contribution in [2.45, 2.75) is 6.92 Å². The quantitative estimate of drug-likeness (QED) is 0.834. The Bertz CT molecular complexity index is 454. The van der Waals surface area contributed by atoms with Crippen molar-refractivity contribution in [1.29, 1.82) is 0 Å². The van der Waals surface area contributed by atoms with Crippen LogP contribution in [0.2, 0.25) is 0 Å². The Hall–Kier alpha value is -2.11. The molecule has 16 heavy (non-hydrogen) atoms. The topological polar surface area (TPSA) is 64.9 Å². The summed E-state index contributed by atoms with van der Waals surface area (Å²) in [5, 5.41) is 7.23. The molecule has 0 aromatic carbocycles. The van der Waals surface area contributed by atoms with Crippen molar-refractivity contribution in [3.8, 4) is 11.6 Å². The first kappa shape index (κ1) is 10.4. The zero-order valence-corrected chi connectivity index (χ0v) is 9.21. The number of nitrogens with one attached hydrogen (secondary N) is 1. The van der Waals surface area contributed by atoms with Gasteiger partial charge in [-0.15, -0.1) is 0 Å². The highest BCUT2D eigenvalue weighted by Crippen LogP contribution is 2.26. The van der Waals surface area contributed by atoms with E-state index in [4.69, 9.17) is 4.74 Å². The lowest BCUT2D eigenvalue weighted by molar-refractivity contribution is 0.409. The van der Waals surface area contributed by atoms with Gasteiger partial charge < -0.3 is 10.1 Å². The second kappa shape index (κ2) is 4.61. The monoisotopic (exact) mass is 219 g/mol. The number of rotatable bonds is 4. The van der Waals surface area contributed by atoms with Crippen molar-refractivity contribution >= 4 is 5.82 Å². The summed E-state index contributed by atoms with van der Waals surface area (Å²) < 4.78 is 6.94. The lowest BCUT2D eigenvalue weighted by atomic mass is 10.4. The van der Waals surface area contributed by atoms with E-state index in [1.54, 1.807) is 24.2 Å². The number of ether oxygens (including phenoxy) is 1. The summed E-state index contributed by atoms with van der Waals surface area (Å²) in [7, 11) is 1.59. The summed E-state index contributed by atoms with van der Waals surface area (Å²) in [5.74, 6) is 1.89. The number of methoxy groups -OCH3 is 1. The summed E-state index contributed by atoms with van der Waals surface area (Å²) in [6.07, 6.45) is 4.98. The maximum Gasteiger partial charge on any atom is 0.206 e. The minimum atomic E-state index is 0.591. The van der Waals surface area contributed by atoms with Crippen LogP contribution in [0.5, 0.6) is 5.75 Å². The summed E-state index contributed by atoms with van der Waals surface area (Å²) in [4.78, 5) is 8.28. The average Bonchev–Trinajstić information content (AvgIpc) is 2.82. The van der Waals surface area contributed by atoms with Crippen LogP contribution in [0.1, 0.15) is 6.92 Å². The maximum atomic E-state index is 5.30. The molecule has 1 N–H and O–H groups in total. The van der Waals surface area contributed by atoms with E-state index in [2.05, 4.69) is 20.4 Å². The Morgan fingerprint density at radius 3 is 2.94 bits per heavy atom. The van der Waals surface area contributed by atoms with Gasteiger partial charge >= 0.3 is 0 Å². The first-order chi connectivity index (χ1) is 7.86. The normalized spacial score (nSPS) is 10.1. The van der Waals surface area contributed by atoms with Crippen LogP contribution in [0.15, 0.2) is 24.8 Å². The molecular weight excluding hydrogens is 206 g/mol. The minimum Gasteiger partial charge on any atom is -0.490 e. The highest BCUT2D eigenvalue weighted by molar-refractivity contribution is 5.57. The molecule has 6 heteroatoms. The molecule has 0 aliphatic heterocycles. The first-order valence-electron chi connectivity index (χ1n) is 4.99.